The van der Waals surface area contributed by atoms with E-state index in [-0.39, 0.29) is 0 Å². The summed E-state index contributed by atoms with van der Waals surface area (Å²) in [6.07, 6.45) is 0. The first-order valence-electron chi connectivity index (χ1n) is 29.0. The minimum atomic E-state index is -1.73. The van der Waals surface area contributed by atoms with Crippen molar-refractivity contribution in [3.05, 3.63) is 279 Å². The first-order chi connectivity index (χ1) is 40.1. The first kappa shape index (κ1) is 50.3. The normalized spacial score (nSPS) is 12.9. The van der Waals surface area contributed by atoms with Crippen LogP contribution in [0.15, 0.2) is 206 Å². The number of benzene rings is 11. The van der Waals surface area contributed by atoms with Gasteiger partial charge in [-0.2, -0.15) is 0 Å². The summed E-state index contributed by atoms with van der Waals surface area (Å²) in [6.45, 7) is 21.8. The first-order valence-corrected chi connectivity index (χ1v) is 29.0. The molecule has 0 spiro atoms. The Kier molecular flexibility index (Phi) is 11.2. The van der Waals surface area contributed by atoms with Gasteiger partial charge in [0.15, 0.2) is 0 Å². The highest BCUT2D eigenvalue weighted by atomic mass is 16.3. The topological polar surface area (TPSA) is 39.8 Å². The summed E-state index contributed by atoms with van der Waals surface area (Å²) < 4.78 is 5.09. The van der Waals surface area contributed by atoms with Crippen molar-refractivity contribution in [2.45, 2.75) is 74.8 Å². The summed E-state index contributed by atoms with van der Waals surface area (Å²) in [4.78, 5) is 7.50. The number of nitrogens with zero attached hydrogens (tertiary/aromatic N) is 5. The molecule has 0 radical (unpaired) electrons. The van der Waals surface area contributed by atoms with Gasteiger partial charge >= 0.3 is 0 Å². The van der Waals surface area contributed by atoms with Crippen LogP contribution in [0.4, 0.5) is 51.2 Å². The molecular formula is C77H65N5O. The zero-order valence-electron chi connectivity index (χ0n) is 48.8. The van der Waals surface area contributed by atoms with E-state index in [0.29, 0.717) is 0 Å². The van der Waals surface area contributed by atoms with Gasteiger partial charge in [-0.25, -0.2) is 0 Å². The quantitative estimate of drug-likeness (QED) is 0.156. The van der Waals surface area contributed by atoms with Gasteiger partial charge in [-0.3, -0.25) is 0 Å². The minimum Gasteiger partial charge on any atom is -0.376 e. The number of hydrogen-bond donors (Lipinski definition) is 1. The fraction of sp³-hybridized carbons (Fsp3) is 0.143. The number of aliphatic hydroxyl groups is 1. The molecule has 0 atom stereocenters. The molecule has 0 aliphatic carbocycles. The lowest BCUT2D eigenvalue weighted by atomic mass is 9.72. The fourth-order valence-electron chi connectivity index (χ4n) is 13.7. The smallest absolute Gasteiger partial charge is 0.148 e. The van der Waals surface area contributed by atoms with Crippen molar-refractivity contribution in [2.75, 3.05) is 14.7 Å². The molecule has 6 nitrogen and oxygen atoms in total. The molecule has 0 amide bonds. The molecule has 11 aromatic carbocycles. The van der Waals surface area contributed by atoms with Crippen molar-refractivity contribution in [3.63, 3.8) is 0 Å². The molecule has 404 valence electrons. The molecule has 15 rings (SSSR count). The van der Waals surface area contributed by atoms with Crippen LogP contribution in [0.3, 0.4) is 0 Å². The second-order valence-electron chi connectivity index (χ2n) is 24.0. The molecule has 83 heavy (non-hydrogen) atoms. The van der Waals surface area contributed by atoms with Gasteiger partial charge in [0, 0.05) is 72.4 Å². The predicted octanol–water partition coefficient (Wildman–Crippen LogP) is 20.3. The zero-order valence-corrected chi connectivity index (χ0v) is 48.8. The monoisotopic (exact) mass is 1080 g/mol. The van der Waals surface area contributed by atoms with Crippen LogP contribution < -0.4 is 14.7 Å². The van der Waals surface area contributed by atoms with Crippen LogP contribution in [-0.4, -0.2) is 14.2 Å². The van der Waals surface area contributed by atoms with Crippen molar-refractivity contribution in [3.8, 4) is 11.4 Å². The van der Waals surface area contributed by atoms with Crippen molar-refractivity contribution in [2.24, 2.45) is 0 Å². The molecule has 6 heteroatoms. The van der Waals surface area contributed by atoms with Gasteiger partial charge in [-0.05, 0) is 190 Å². The number of aromatic nitrogens is 2. The van der Waals surface area contributed by atoms with Crippen LogP contribution in [0.1, 0.15) is 72.3 Å². The predicted molar refractivity (Wildman–Crippen MR) is 349 cm³/mol. The molecule has 2 aliphatic rings. The van der Waals surface area contributed by atoms with E-state index in [1.807, 2.05) is 0 Å². The zero-order chi connectivity index (χ0) is 56.9. The van der Waals surface area contributed by atoms with Crippen molar-refractivity contribution in [1.82, 2.24) is 9.13 Å². The second kappa shape index (κ2) is 18.4. The van der Waals surface area contributed by atoms with E-state index in [2.05, 4.69) is 299 Å². The summed E-state index contributed by atoms with van der Waals surface area (Å²) in [5, 5.41) is 20.3. The Bertz CT molecular complexity index is 4420. The van der Waals surface area contributed by atoms with E-state index in [0.717, 1.165) is 167 Å². The number of fused-ring (bicyclic) bond motifs is 10. The minimum absolute atomic E-state index is 0.808. The average Bonchev–Trinajstić information content (AvgIpc) is 1.66. The van der Waals surface area contributed by atoms with E-state index in [1.54, 1.807) is 0 Å². The third kappa shape index (κ3) is 7.52. The van der Waals surface area contributed by atoms with Gasteiger partial charge in [-0.15, -0.1) is 0 Å². The van der Waals surface area contributed by atoms with Crippen LogP contribution in [-0.2, 0) is 5.60 Å². The third-order valence-electron chi connectivity index (χ3n) is 17.7. The van der Waals surface area contributed by atoms with Gasteiger partial charge in [0.25, 0.3) is 0 Å². The lowest BCUT2D eigenvalue weighted by Gasteiger charge is -2.47. The standard InChI is InChI=1S/C77H65N5O/c1-45-11-25-55(26-12-45)78(56-27-13-46(2)14-28-56)74-72-69-73(75(79(57-29-15-47(3)16-30-57)58-31-17-48(4)18-32-58)76(74)80(59-33-19-49(5)20-34-59)60-35-21-50(6)22-36-60)82-68-38-24-52(8)40-62(68)64-42-54(10)44-66(71(64)82)77(69,83)65-43-53(9)41-63-61-39-51(7)23-37-67(61)81(72)70(63)65/h11-44,83H,1-10H3. The van der Waals surface area contributed by atoms with Gasteiger partial charge in [0.1, 0.15) is 5.60 Å². The van der Waals surface area contributed by atoms with Crippen molar-refractivity contribution >= 4 is 94.8 Å². The Morgan fingerprint density at radius 3 is 0.819 bits per heavy atom. The molecule has 0 fully saturated rings. The number of aryl methyl sites for hydroxylation is 10. The number of anilines is 9. The Labute approximate surface area is 486 Å². The molecule has 0 bridgehead atoms. The van der Waals surface area contributed by atoms with Crippen molar-refractivity contribution < 1.29 is 5.11 Å². The molecule has 13 aromatic rings. The average molecular weight is 1080 g/mol. The summed E-state index contributed by atoms with van der Waals surface area (Å²) in [5.41, 5.74) is 26.8. The van der Waals surface area contributed by atoms with E-state index in [1.165, 1.54) is 11.1 Å². The van der Waals surface area contributed by atoms with Crippen LogP contribution in [0.5, 0.6) is 0 Å². The highest BCUT2D eigenvalue weighted by Crippen LogP contribution is 2.67. The number of rotatable bonds is 9. The molecule has 0 saturated heterocycles. The Hall–Kier alpha value is -9.62. The SMILES string of the molecule is Cc1ccc(N(c2ccc(C)cc2)c2c(N(c3ccc(C)cc3)c3ccc(C)cc3)c3c4c(c2N(c2ccc(C)cc2)c2ccc(C)cc2)-n2c5ccc(C)cc5c5cc(C)cc(c52)C4(O)c2cc(C)cc4c5cc(C)ccc5n-3c24)cc1. The molecule has 0 saturated carbocycles. The summed E-state index contributed by atoms with van der Waals surface area (Å²) in [7, 11) is 0. The lowest BCUT2D eigenvalue weighted by Crippen LogP contribution is -2.40. The Balaban J connectivity index is 1.32. The van der Waals surface area contributed by atoms with Crippen molar-refractivity contribution in [1.29, 1.82) is 0 Å². The highest BCUT2D eigenvalue weighted by molar-refractivity contribution is 6.20. The summed E-state index contributed by atoms with van der Waals surface area (Å²) in [5.74, 6) is 0. The third-order valence-corrected chi connectivity index (χ3v) is 17.7. The maximum Gasteiger partial charge on any atom is 0.148 e. The van der Waals surface area contributed by atoms with Gasteiger partial charge in [-0.1, -0.05) is 142 Å². The maximum atomic E-state index is 15.8. The Morgan fingerprint density at radius 1 is 0.277 bits per heavy atom. The fourth-order valence-corrected chi connectivity index (χ4v) is 13.7. The molecule has 0 unspecified atom stereocenters. The van der Waals surface area contributed by atoms with E-state index in [9.17, 15) is 0 Å². The van der Waals surface area contributed by atoms with Crippen LogP contribution >= 0.6 is 0 Å². The van der Waals surface area contributed by atoms with E-state index in [4.69, 9.17) is 0 Å². The van der Waals surface area contributed by atoms with Gasteiger partial charge in [0.05, 0.1) is 50.5 Å². The Morgan fingerprint density at radius 2 is 0.530 bits per heavy atom. The van der Waals surface area contributed by atoms with E-state index >= 15 is 5.11 Å². The summed E-state index contributed by atoms with van der Waals surface area (Å²) in [6, 6.07) is 77.2. The van der Waals surface area contributed by atoms with Crippen LogP contribution in [0.2, 0.25) is 0 Å². The summed E-state index contributed by atoms with van der Waals surface area (Å²) >= 11 is 0. The maximum absolute atomic E-state index is 15.8. The molecule has 2 aromatic heterocycles. The molecule has 2 aliphatic heterocycles. The van der Waals surface area contributed by atoms with Gasteiger partial charge in [0.2, 0.25) is 0 Å². The second-order valence-corrected chi connectivity index (χ2v) is 24.0. The van der Waals surface area contributed by atoms with E-state index < -0.39 is 5.60 Å². The van der Waals surface area contributed by atoms with Crippen LogP contribution in [0, 0.1) is 69.2 Å². The van der Waals surface area contributed by atoms with Crippen LogP contribution in [0.25, 0.3) is 55.0 Å². The molecule has 1 N–H and O–H groups in total. The highest BCUT2D eigenvalue weighted by Gasteiger charge is 2.53. The lowest BCUT2D eigenvalue weighted by molar-refractivity contribution is 0.125. The van der Waals surface area contributed by atoms with Gasteiger partial charge < -0.3 is 28.9 Å². The molecular weight excluding hydrogens is 1010 g/mol. The largest absolute Gasteiger partial charge is 0.376 e. The molecule has 4 heterocycles. The number of hydrogen-bond acceptors (Lipinski definition) is 4.